The van der Waals surface area contributed by atoms with Gasteiger partial charge in [0.25, 0.3) is 0 Å². The molecule has 0 aliphatic heterocycles. The average molecular weight is 230 g/mol. The molecule has 86 valence electrons. The SMILES string of the molecule is Cc1ccc(C=Cc2ncc([N+](=O)[O-])o2)cc1. The highest BCUT2D eigenvalue weighted by molar-refractivity contribution is 5.66. The van der Waals surface area contributed by atoms with E-state index in [0.29, 0.717) is 0 Å². The number of oxazole rings is 1. The Labute approximate surface area is 97.6 Å². The van der Waals surface area contributed by atoms with E-state index in [1.165, 1.54) is 5.56 Å². The lowest BCUT2D eigenvalue weighted by Crippen LogP contribution is -1.82. The van der Waals surface area contributed by atoms with Gasteiger partial charge >= 0.3 is 5.88 Å². The van der Waals surface area contributed by atoms with E-state index in [0.717, 1.165) is 11.8 Å². The molecule has 0 saturated heterocycles. The number of benzene rings is 1. The van der Waals surface area contributed by atoms with Crippen LogP contribution in [0.15, 0.2) is 34.9 Å². The Morgan fingerprint density at radius 3 is 2.59 bits per heavy atom. The largest absolute Gasteiger partial charge is 0.453 e. The monoisotopic (exact) mass is 230 g/mol. The highest BCUT2D eigenvalue weighted by atomic mass is 16.6. The standard InChI is InChI=1S/C12H10N2O3/c1-9-2-4-10(5-3-9)6-7-11-13-8-12(17-11)14(15)16/h2-8H,1H3. The summed E-state index contributed by atoms with van der Waals surface area (Å²) in [6, 6.07) is 7.86. The Balaban J connectivity index is 2.14. The van der Waals surface area contributed by atoms with Crippen molar-refractivity contribution in [3.63, 3.8) is 0 Å². The summed E-state index contributed by atoms with van der Waals surface area (Å²) >= 11 is 0. The zero-order valence-electron chi connectivity index (χ0n) is 9.16. The minimum atomic E-state index is -0.615. The molecule has 17 heavy (non-hydrogen) atoms. The van der Waals surface area contributed by atoms with Crippen molar-refractivity contribution in [2.24, 2.45) is 0 Å². The number of rotatable bonds is 3. The molecule has 0 amide bonds. The predicted molar refractivity (Wildman–Crippen MR) is 63.3 cm³/mol. The van der Waals surface area contributed by atoms with Crippen LogP contribution in [0.5, 0.6) is 0 Å². The van der Waals surface area contributed by atoms with Gasteiger partial charge < -0.3 is 4.42 Å². The minimum absolute atomic E-state index is 0.220. The Hall–Kier alpha value is -2.43. The van der Waals surface area contributed by atoms with Gasteiger partial charge in [0, 0.05) is 6.08 Å². The second kappa shape index (κ2) is 4.61. The molecule has 5 nitrogen and oxygen atoms in total. The van der Waals surface area contributed by atoms with Gasteiger partial charge in [0.2, 0.25) is 5.89 Å². The first-order valence-electron chi connectivity index (χ1n) is 5.00. The number of aryl methyl sites for hydroxylation is 1. The third kappa shape index (κ3) is 2.78. The minimum Gasteiger partial charge on any atom is -0.381 e. The van der Waals surface area contributed by atoms with Crippen LogP contribution in [0.1, 0.15) is 17.0 Å². The van der Waals surface area contributed by atoms with Crippen LogP contribution in [0, 0.1) is 17.0 Å². The van der Waals surface area contributed by atoms with Crippen molar-refractivity contribution >= 4 is 18.0 Å². The maximum Gasteiger partial charge on any atom is 0.453 e. The molecular weight excluding hydrogens is 220 g/mol. The third-order valence-electron chi connectivity index (χ3n) is 2.19. The van der Waals surface area contributed by atoms with Gasteiger partial charge in [-0.1, -0.05) is 29.8 Å². The van der Waals surface area contributed by atoms with Crippen molar-refractivity contribution in [1.29, 1.82) is 0 Å². The molecular formula is C12H10N2O3. The van der Waals surface area contributed by atoms with Crippen molar-refractivity contribution in [3.8, 4) is 0 Å². The molecule has 0 saturated carbocycles. The topological polar surface area (TPSA) is 69.2 Å². The van der Waals surface area contributed by atoms with Gasteiger partial charge in [-0.15, -0.1) is 0 Å². The molecule has 0 N–H and O–H groups in total. The molecule has 1 aromatic carbocycles. The Bertz CT molecular complexity index is 555. The molecule has 0 fully saturated rings. The molecule has 0 aliphatic carbocycles. The van der Waals surface area contributed by atoms with E-state index in [2.05, 4.69) is 4.98 Å². The van der Waals surface area contributed by atoms with E-state index in [1.807, 2.05) is 31.2 Å². The van der Waals surface area contributed by atoms with Crippen LogP contribution in [-0.4, -0.2) is 9.91 Å². The summed E-state index contributed by atoms with van der Waals surface area (Å²) in [5.74, 6) is -0.133. The van der Waals surface area contributed by atoms with Gasteiger partial charge in [0.05, 0.1) is 0 Å². The van der Waals surface area contributed by atoms with E-state index < -0.39 is 4.92 Å². The number of nitro groups is 1. The fourth-order valence-corrected chi connectivity index (χ4v) is 1.29. The van der Waals surface area contributed by atoms with Gasteiger partial charge in [-0.05, 0) is 18.6 Å². The van der Waals surface area contributed by atoms with Gasteiger partial charge in [-0.25, -0.2) is 4.98 Å². The molecule has 0 unspecified atom stereocenters. The lowest BCUT2D eigenvalue weighted by atomic mass is 10.1. The summed E-state index contributed by atoms with van der Waals surface area (Å²) in [5.41, 5.74) is 2.16. The van der Waals surface area contributed by atoms with Crippen LogP contribution in [0.4, 0.5) is 5.88 Å². The van der Waals surface area contributed by atoms with E-state index in [4.69, 9.17) is 4.42 Å². The molecule has 5 heteroatoms. The summed E-state index contributed by atoms with van der Waals surface area (Å²) in [4.78, 5) is 13.5. The molecule has 0 atom stereocenters. The predicted octanol–water partition coefficient (Wildman–Crippen LogP) is 3.06. The number of hydrogen-bond donors (Lipinski definition) is 0. The number of hydrogen-bond acceptors (Lipinski definition) is 4. The summed E-state index contributed by atoms with van der Waals surface area (Å²) in [5, 5.41) is 10.4. The third-order valence-corrected chi connectivity index (χ3v) is 2.19. The molecule has 0 aliphatic rings. The van der Waals surface area contributed by atoms with Crippen molar-refractivity contribution < 1.29 is 9.34 Å². The first-order chi connectivity index (χ1) is 8.15. The molecule has 1 aromatic heterocycles. The lowest BCUT2D eigenvalue weighted by molar-refractivity contribution is -0.402. The second-order valence-corrected chi connectivity index (χ2v) is 3.54. The molecule has 1 heterocycles. The lowest BCUT2D eigenvalue weighted by Gasteiger charge is -1.93. The maximum absolute atomic E-state index is 10.4. The van der Waals surface area contributed by atoms with E-state index in [1.54, 1.807) is 12.2 Å². The fourth-order valence-electron chi connectivity index (χ4n) is 1.29. The van der Waals surface area contributed by atoms with Crippen molar-refractivity contribution in [1.82, 2.24) is 4.98 Å². The summed E-state index contributed by atoms with van der Waals surface area (Å²) in [6.07, 6.45) is 4.47. The maximum atomic E-state index is 10.4. The van der Waals surface area contributed by atoms with Crippen LogP contribution in [-0.2, 0) is 0 Å². The van der Waals surface area contributed by atoms with Gasteiger partial charge in [0.1, 0.15) is 11.1 Å². The summed E-state index contributed by atoms with van der Waals surface area (Å²) in [6.45, 7) is 2.00. The zero-order chi connectivity index (χ0) is 12.3. The highest BCUT2D eigenvalue weighted by Gasteiger charge is 2.11. The van der Waals surface area contributed by atoms with Gasteiger partial charge in [-0.3, -0.25) is 10.1 Å². The molecule has 0 radical (unpaired) electrons. The first-order valence-corrected chi connectivity index (χ1v) is 5.00. The van der Waals surface area contributed by atoms with Gasteiger partial charge in [0.15, 0.2) is 0 Å². The van der Waals surface area contributed by atoms with Gasteiger partial charge in [-0.2, -0.15) is 0 Å². The van der Waals surface area contributed by atoms with E-state index in [-0.39, 0.29) is 11.8 Å². The highest BCUT2D eigenvalue weighted by Crippen LogP contribution is 2.14. The normalized spacial score (nSPS) is 10.9. The van der Waals surface area contributed by atoms with Crippen LogP contribution >= 0.6 is 0 Å². The first kappa shape index (κ1) is 11.1. The van der Waals surface area contributed by atoms with E-state index in [9.17, 15) is 10.1 Å². The van der Waals surface area contributed by atoms with Crippen molar-refractivity contribution in [3.05, 3.63) is 57.6 Å². The fraction of sp³-hybridized carbons (Fsp3) is 0.0833. The zero-order valence-corrected chi connectivity index (χ0v) is 9.16. The van der Waals surface area contributed by atoms with Crippen molar-refractivity contribution in [2.75, 3.05) is 0 Å². The van der Waals surface area contributed by atoms with Crippen LogP contribution in [0.3, 0.4) is 0 Å². The Morgan fingerprint density at radius 2 is 2.00 bits per heavy atom. The Morgan fingerprint density at radius 1 is 1.29 bits per heavy atom. The number of aromatic nitrogens is 1. The molecule has 0 spiro atoms. The smallest absolute Gasteiger partial charge is 0.381 e. The second-order valence-electron chi connectivity index (χ2n) is 3.54. The van der Waals surface area contributed by atoms with Crippen LogP contribution in [0.2, 0.25) is 0 Å². The van der Waals surface area contributed by atoms with Crippen LogP contribution in [0.25, 0.3) is 12.2 Å². The summed E-state index contributed by atoms with van der Waals surface area (Å²) < 4.78 is 4.89. The van der Waals surface area contributed by atoms with Crippen LogP contribution < -0.4 is 0 Å². The molecule has 0 bridgehead atoms. The molecule has 2 aromatic rings. The quantitative estimate of drug-likeness (QED) is 0.600. The average Bonchev–Trinajstić information content (AvgIpc) is 2.77. The molecule has 2 rings (SSSR count). The van der Waals surface area contributed by atoms with E-state index >= 15 is 0 Å². The Kier molecular flexibility index (Phi) is 3.00. The van der Waals surface area contributed by atoms with Crippen molar-refractivity contribution in [2.45, 2.75) is 6.92 Å². The summed E-state index contributed by atoms with van der Waals surface area (Å²) in [7, 11) is 0. The number of nitrogens with zero attached hydrogens (tertiary/aromatic N) is 2.